The van der Waals surface area contributed by atoms with E-state index in [4.69, 9.17) is 5.11 Å². The third-order valence-corrected chi connectivity index (χ3v) is 2.59. The Labute approximate surface area is 116 Å². The van der Waals surface area contributed by atoms with Crippen molar-refractivity contribution in [2.45, 2.75) is 32.2 Å². The zero-order valence-corrected chi connectivity index (χ0v) is 11.2. The van der Waals surface area contributed by atoms with E-state index in [0.717, 1.165) is 0 Å². The Kier molecular flexibility index (Phi) is 6.22. The van der Waals surface area contributed by atoms with Crippen molar-refractivity contribution in [2.24, 2.45) is 0 Å². The zero-order chi connectivity index (χ0) is 15.0. The number of hydrogen-bond acceptors (Lipinski definition) is 4. The highest BCUT2D eigenvalue weighted by Gasteiger charge is 2.14. The molecule has 1 aromatic carbocycles. The normalized spacial score (nSPS) is 11.4. The van der Waals surface area contributed by atoms with Gasteiger partial charge >= 0.3 is 18.0 Å². The highest BCUT2D eigenvalue weighted by molar-refractivity contribution is 5.96. The smallest absolute Gasteiger partial charge is 0.415 e. The maximum absolute atomic E-state index is 11.6. The quantitative estimate of drug-likeness (QED) is 0.615. The van der Waals surface area contributed by atoms with Gasteiger partial charge in [-0.3, -0.25) is 4.79 Å². The summed E-state index contributed by atoms with van der Waals surface area (Å²) >= 11 is 0. The molecule has 1 aromatic rings. The van der Waals surface area contributed by atoms with Crippen molar-refractivity contribution >= 4 is 18.0 Å². The van der Waals surface area contributed by atoms with Gasteiger partial charge in [-0.15, -0.1) is 0 Å². The molecule has 0 saturated heterocycles. The summed E-state index contributed by atoms with van der Waals surface area (Å²) in [5, 5.41) is 11.0. The van der Waals surface area contributed by atoms with E-state index in [9.17, 15) is 14.4 Å². The molecule has 1 rings (SSSR count). The SMILES string of the molecule is CC(CCCC(=O)O)NC(=O)OC(=O)c1ccccc1. The van der Waals surface area contributed by atoms with Crippen LogP contribution in [0.2, 0.25) is 0 Å². The second kappa shape index (κ2) is 7.93. The summed E-state index contributed by atoms with van der Waals surface area (Å²) in [6, 6.07) is 7.93. The lowest BCUT2D eigenvalue weighted by molar-refractivity contribution is -0.137. The Bertz CT molecular complexity index is 472. The lowest BCUT2D eigenvalue weighted by Gasteiger charge is -2.12. The van der Waals surface area contributed by atoms with Crippen molar-refractivity contribution < 1.29 is 24.2 Å². The number of carboxylic acids is 1. The van der Waals surface area contributed by atoms with Crippen molar-refractivity contribution in [1.82, 2.24) is 5.32 Å². The first-order chi connectivity index (χ1) is 9.49. The molecule has 1 atom stereocenters. The predicted octanol–water partition coefficient (Wildman–Crippen LogP) is 2.20. The van der Waals surface area contributed by atoms with E-state index in [0.29, 0.717) is 18.4 Å². The summed E-state index contributed by atoms with van der Waals surface area (Å²) in [6.07, 6.45) is 0.163. The lowest BCUT2D eigenvalue weighted by atomic mass is 10.1. The first-order valence-electron chi connectivity index (χ1n) is 6.28. The summed E-state index contributed by atoms with van der Waals surface area (Å²) in [5.74, 6) is -1.60. The van der Waals surface area contributed by atoms with E-state index < -0.39 is 18.0 Å². The van der Waals surface area contributed by atoms with Gasteiger partial charge in [0.1, 0.15) is 0 Å². The molecule has 0 spiro atoms. The number of alkyl carbamates (subject to hydrolysis) is 1. The van der Waals surface area contributed by atoms with Gasteiger partial charge in [0, 0.05) is 12.5 Å². The summed E-state index contributed by atoms with van der Waals surface area (Å²) in [6.45, 7) is 1.72. The van der Waals surface area contributed by atoms with Crippen LogP contribution < -0.4 is 5.32 Å². The molecule has 0 aliphatic carbocycles. The van der Waals surface area contributed by atoms with Gasteiger partial charge in [-0.2, -0.15) is 0 Å². The van der Waals surface area contributed by atoms with Gasteiger partial charge in [-0.25, -0.2) is 9.59 Å². The molecule has 20 heavy (non-hydrogen) atoms. The Hall–Kier alpha value is -2.37. The highest BCUT2D eigenvalue weighted by Crippen LogP contribution is 2.03. The minimum atomic E-state index is -0.876. The van der Waals surface area contributed by atoms with Crippen LogP contribution in [0.3, 0.4) is 0 Å². The second-order valence-corrected chi connectivity index (χ2v) is 4.37. The molecular formula is C14H17NO5. The van der Waals surface area contributed by atoms with Gasteiger partial charge in [0.25, 0.3) is 0 Å². The van der Waals surface area contributed by atoms with Crippen LogP contribution in [0.5, 0.6) is 0 Å². The molecule has 0 aromatic heterocycles. The van der Waals surface area contributed by atoms with Gasteiger partial charge in [0.2, 0.25) is 0 Å². The van der Waals surface area contributed by atoms with Crippen LogP contribution >= 0.6 is 0 Å². The fraction of sp³-hybridized carbons (Fsp3) is 0.357. The molecule has 0 saturated carbocycles. The van der Waals surface area contributed by atoms with Crippen molar-refractivity contribution in [3.8, 4) is 0 Å². The maximum atomic E-state index is 11.6. The van der Waals surface area contributed by atoms with E-state index in [1.807, 2.05) is 0 Å². The van der Waals surface area contributed by atoms with Gasteiger partial charge in [-0.05, 0) is 31.9 Å². The van der Waals surface area contributed by atoms with Crippen molar-refractivity contribution in [2.75, 3.05) is 0 Å². The number of carboxylic acid groups (broad SMARTS) is 1. The molecule has 0 heterocycles. The van der Waals surface area contributed by atoms with Crippen LogP contribution in [0.15, 0.2) is 30.3 Å². The van der Waals surface area contributed by atoms with E-state index in [-0.39, 0.29) is 12.5 Å². The fourth-order valence-corrected chi connectivity index (χ4v) is 1.58. The molecule has 1 unspecified atom stereocenters. The topological polar surface area (TPSA) is 92.7 Å². The van der Waals surface area contributed by atoms with Gasteiger partial charge in [-0.1, -0.05) is 18.2 Å². The first kappa shape index (κ1) is 15.7. The largest absolute Gasteiger partial charge is 0.481 e. The summed E-state index contributed by atoms with van der Waals surface area (Å²) in [5.41, 5.74) is 0.293. The van der Waals surface area contributed by atoms with E-state index in [1.54, 1.807) is 37.3 Å². The predicted molar refractivity (Wildman–Crippen MR) is 71.3 cm³/mol. The van der Waals surface area contributed by atoms with E-state index in [1.165, 1.54) is 0 Å². The number of carbonyl (C=O) groups is 3. The number of hydrogen-bond donors (Lipinski definition) is 2. The Morgan fingerprint density at radius 1 is 1.25 bits per heavy atom. The van der Waals surface area contributed by atoms with Crippen LogP contribution in [-0.2, 0) is 9.53 Å². The Balaban J connectivity index is 2.32. The summed E-state index contributed by atoms with van der Waals surface area (Å²) in [4.78, 5) is 33.4. The molecule has 6 nitrogen and oxygen atoms in total. The maximum Gasteiger partial charge on any atom is 0.415 e. The third kappa shape index (κ3) is 5.99. The molecule has 6 heteroatoms. The van der Waals surface area contributed by atoms with Crippen LogP contribution in [0.4, 0.5) is 4.79 Å². The molecule has 108 valence electrons. The molecule has 0 aliphatic rings. The molecule has 0 radical (unpaired) electrons. The zero-order valence-electron chi connectivity index (χ0n) is 11.2. The monoisotopic (exact) mass is 279 g/mol. The second-order valence-electron chi connectivity index (χ2n) is 4.37. The standard InChI is InChI=1S/C14H17NO5/c1-10(6-5-9-12(16)17)15-14(19)20-13(18)11-7-3-2-4-8-11/h2-4,7-8,10H,5-6,9H2,1H3,(H,15,19)(H,16,17). The van der Waals surface area contributed by atoms with Crippen LogP contribution in [-0.4, -0.2) is 29.2 Å². The number of carbonyl (C=O) groups excluding carboxylic acids is 2. The van der Waals surface area contributed by atoms with Crippen LogP contribution in [0.25, 0.3) is 0 Å². The average Bonchev–Trinajstić information content (AvgIpc) is 2.38. The average molecular weight is 279 g/mol. The van der Waals surface area contributed by atoms with Crippen molar-refractivity contribution in [3.63, 3.8) is 0 Å². The minimum Gasteiger partial charge on any atom is -0.481 e. The molecular weight excluding hydrogens is 262 g/mol. The number of aliphatic carboxylic acids is 1. The molecule has 0 fully saturated rings. The van der Waals surface area contributed by atoms with Crippen molar-refractivity contribution in [3.05, 3.63) is 35.9 Å². The third-order valence-electron chi connectivity index (χ3n) is 2.59. The van der Waals surface area contributed by atoms with Gasteiger partial charge in [0.15, 0.2) is 0 Å². The molecule has 1 amide bonds. The number of benzene rings is 1. The number of esters is 1. The Morgan fingerprint density at radius 2 is 1.90 bits per heavy atom. The van der Waals surface area contributed by atoms with Gasteiger partial charge in [0.05, 0.1) is 5.56 Å². The van der Waals surface area contributed by atoms with Crippen LogP contribution in [0, 0.1) is 0 Å². The highest BCUT2D eigenvalue weighted by atomic mass is 16.6. The number of nitrogens with one attached hydrogen (secondary N) is 1. The van der Waals surface area contributed by atoms with E-state index >= 15 is 0 Å². The fourth-order valence-electron chi connectivity index (χ4n) is 1.58. The van der Waals surface area contributed by atoms with Crippen LogP contribution in [0.1, 0.15) is 36.5 Å². The Morgan fingerprint density at radius 3 is 2.50 bits per heavy atom. The molecule has 0 bridgehead atoms. The molecule has 0 aliphatic heterocycles. The van der Waals surface area contributed by atoms with Crippen molar-refractivity contribution in [1.29, 1.82) is 0 Å². The minimum absolute atomic E-state index is 0.0456. The first-order valence-corrected chi connectivity index (χ1v) is 6.28. The molecule has 2 N–H and O–H groups in total. The lowest BCUT2D eigenvalue weighted by Crippen LogP contribution is -2.34. The number of ether oxygens (including phenoxy) is 1. The van der Waals surface area contributed by atoms with E-state index in [2.05, 4.69) is 10.1 Å². The van der Waals surface area contributed by atoms with Gasteiger partial charge < -0.3 is 15.2 Å². The summed E-state index contributed by atoms with van der Waals surface area (Å²) < 4.78 is 4.63. The number of rotatable bonds is 6. The summed E-state index contributed by atoms with van der Waals surface area (Å²) in [7, 11) is 0. The number of amides is 1.